The van der Waals surface area contributed by atoms with E-state index in [-0.39, 0.29) is 44.1 Å². The predicted molar refractivity (Wildman–Crippen MR) is 145 cm³/mol. The van der Waals surface area contributed by atoms with E-state index in [1.807, 2.05) is 12.1 Å². The van der Waals surface area contributed by atoms with Crippen LogP contribution in [0.1, 0.15) is 46.5 Å². The molecule has 0 unspecified atom stereocenters. The molecule has 1 aromatic carbocycles. The molecule has 0 radical (unpaired) electrons. The Hall–Kier alpha value is -2.86. The van der Waals surface area contributed by atoms with Crippen molar-refractivity contribution in [1.29, 1.82) is 0 Å². The molecule has 1 aliphatic carbocycles. The average Bonchev–Trinajstić information content (AvgIpc) is 3.39. The minimum Gasteiger partial charge on any atom is -0.484 e. The van der Waals surface area contributed by atoms with Crippen molar-refractivity contribution in [2.75, 3.05) is 25.0 Å². The lowest BCUT2D eigenvalue weighted by atomic mass is 9.93. The van der Waals surface area contributed by atoms with Crippen LogP contribution in [-0.2, 0) is 19.6 Å². The SMILES string of the molecule is O=C(NC[C@H](O)CN1CCc2c(ccc(OCc3cnco3)c2Cl)C1)c1ccnc(NC2CCC2)c1F.S. The molecular formula is C26H31ClFN5O4S. The fourth-order valence-electron chi connectivity index (χ4n) is 4.51. The monoisotopic (exact) mass is 563 g/mol. The van der Waals surface area contributed by atoms with Crippen molar-refractivity contribution in [3.63, 3.8) is 0 Å². The van der Waals surface area contributed by atoms with Crippen molar-refractivity contribution < 1.29 is 23.4 Å². The van der Waals surface area contributed by atoms with Gasteiger partial charge in [0.2, 0.25) is 0 Å². The average molecular weight is 564 g/mol. The van der Waals surface area contributed by atoms with E-state index in [0.717, 1.165) is 30.4 Å². The number of hydrogen-bond acceptors (Lipinski definition) is 8. The molecule has 38 heavy (non-hydrogen) atoms. The van der Waals surface area contributed by atoms with Gasteiger partial charge in [-0.1, -0.05) is 17.7 Å². The highest BCUT2D eigenvalue weighted by molar-refractivity contribution is 7.59. The zero-order valence-corrected chi connectivity index (χ0v) is 22.5. The van der Waals surface area contributed by atoms with Crippen LogP contribution in [0.2, 0.25) is 5.02 Å². The first-order valence-corrected chi connectivity index (χ1v) is 12.8. The number of anilines is 1. The van der Waals surface area contributed by atoms with Gasteiger partial charge in [-0.3, -0.25) is 9.69 Å². The number of fused-ring (bicyclic) bond motifs is 1. The summed E-state index contributed by atoms with van der Waals surface area (Å²) in [5.41, 5.74) is 1.99. The highest BCUT2D eigenvalue weighted by Crippen LogP contribution is 2.34. The van der Waals surface area contributed by atoms with E-state index in [4.69, 9.17) is 20.8 Å². The zero-order chi connectivity index (χ0) is 25.8. The van der Waals surface area contributed by atoms with Crippen LogP contribution in [0.25, 0.3) is 0 Å². The zero-order valence-electron chi connectivity index (χ0n) is 20.8. The molecule has 0 spiro atoms. The van der Waals surface area contributed by atoms with Gasteiger partial charge >= 0.3 is 0 Å². The summed E-state index contributed by atoms with van der Waals surface area (Å²) in [6, 6.07) is 5.34. The second kappa shape index (κ2) is 12.8. The molecule has 204 valence electrons. The summed E-state index contributed by atoms with van der Waals surface area (Å²) in [6.45, 7) is 1.90. The summed E-state index contributed by atoms with van der Waals surface area (Å²) in [6.07, 6.45) is 7.28. The van der Waals surface area contributed by atoms with Gasteiger partial charge in [0.1, 0.15) is 12.4 Å². The Kier molecular flexibility index (Phi) is 9.48. The van der Waals surface area contributed by atoms with Crippen molar-refractivity contribution in [3.05, 3.63) is 70.3 Å². The topological polar surface area (TPSA) is 113 Å². The van der Waals surface area contributed by atoms with E-state index in [9.17, 15) is 14.3 Å². The number of ether oxygens (including phenoxy) is 1. The van der Waals surface area contributed by atoms with Gasteiger partial charge in [-0.2, -0.15) is 13.5 Å². The number of aliphatic hydroxyl groups excluding tert-OH is 1. The quantitative estimate of drug-likeness (QED) is 0.342. The van der Waals surface area contributed by atoms with E-state index < -0.39 is 17.8 Å². The van der Waals surface area contributed by atoms with Crippen LogP contribution in [-0.4, -0.2) is 57.7 Å². The molecule has 1 fully saturated rings. The highest BCUT2D eigenvalue weighted by Gasteiger charge is 2.24. The number of aliphatic hydroxyl groups is 1. The number of benzene rings is 1. The number of aromatic nitrogens is 2. The summed E-state index contributed by atoms with van der Waals surface area (Å²) < 4.78 is 25.7. The number of nitrogens with one attached hydrogen (secondary N) is 2. The molecule has 3 N–H and O–H groups in total. The lowest BCUT2D eigenvalue weighted by Gasteiger charge is -2.31. The molecule has 0 bridgehead atoms. The Labute approximate surface area is 232 Å². The summed E-state index contributed by atoms with van der Waals surface area (Å²) in [5, 5.41) is 16.8. The molecular weight excluding hydrogens is 533 g/mol. The third-order valence-corrected chi connectivity index (χ3v) is 7.19. The lowest BCUT2D eigenvalue weighted by Crippen LogP contribution is -2.42. The molecule has 3 aromatic rings. The van der Waals surface area contributed by atoms with Gasteiger partial charge < -0.3 is 24.9 Å². The number of nitrogens with zero attached hydrogens (tertiary/aromatic N) is 3. The van der Waals surface area contributed by atoms with E-state index in [0.29, 0.717) is 42.6 Å². The van der Waals surface area contributed by atoms with Crippen LogP contribution in [0.4, 0.5) is 10.2 Å². The second-order valence-corrected chi connectivity index (χ2v) is 9.79. The van der Waals surface area contributed by atoms with Crippen molar-refractivity contribution in [2.45, 2.75) is 51.0 Å². The molecule has 2 aliphatic rings. The summed E-state index contributed by atoms with van der Waals surface area (Å²) in [5.74, 6) is 0.0373. The van der Waals surface area contributed by atoms with Crippen LogP contribution >= 0.6 is 25.1 Å². The Morgan fingerprint density at radius 2 is 2.18 bits per heavy atom. The number of oxazole rings is 1. The molecule has 0 saturated heterocycles. The summed E-state index contributed by atoms with van der Waals surface area (Å²) in [4.78, 5) is 22.6. The Balaban J connectivity index is 0.00000336. The third kappa shape index (κ3) is 6.58. The maximum Gasteiger partial charge on any atom is 0.254 e. The van der Waals surface area contributed by atoms with Gasteiger partial charge in [-0.05, 0) is 48.9 Å². The molecule has 3 heterocycles. The fourth-order valence-corrected chi connectivity index (χ4v) is 4.85. The van der Waals surface area contributed by atoms with E-state index in [1.165, 1.54) is 18.7 Å². The van der Waals surface area contributed by atoms with Gasteiger partial charge in [-0.15, -0.1) is 0 Å². The maximum atomic E-state index is 14.8. The van der Waals surface area contributed by atoms with Gasteiger partial charge in [0.05, 0.1) is 22.9 Å². The number of halogens is 2. The molecule has 2 aromatic heterocycles. The van der Waals surface area contributed by atoms with Crippen molar-refractivity contribution >= 4 is 36.8 Å². The number of pyridine rings is 1. The third-order valence-electron chi connectivity index (χ3n) is 6.78. The number of rotatable bonds is 10. The van der Waals surface area contributed by atoms with Crippen molar-refractivity contribution in [3.8, 4) is 5.75 Å². The van der Waals surface area contributed by atoms with Crippen molar-refractivity contribution in [2.24, 2.45) is 0 Å². The highest BCUT2D eigenvalue weighted by atomic mass is 35.5. The van der Waals surface area contributed by atoms with Crippen LogP contribution in [0.3, 0.4) is 0 Å². The van der Waals surface area contributed by atoms with Crippen LogP contribution < -0.4 is 15.4 Å². The first-order chi connectivity index (χ1) is 18.0. The molecule has 9 nitrogen and oxygen atoms in total. The molecule has 5 rings (SSSR count). The summed E-state index contributed by atoms with van der Waals surface area (Å²) >= 11 is 6.60. The summed E-state index contributed by atoms with van der Waals surface area (Å²) in [7, 11) is 0. The van der Waals surface area contributed by atoms with E-state index in [2.05, 4.69) is 25.5 Å². The molecule has 1 amide bonds. The van der Waals surface area contributed by atoms with Crippen molar-refractivity contribution in [1.82, 2.24) is 20.2 Å². The first kappa shape index (κ1) is 28.2. The molecule has 1 aliphatic heterocycles. The van der Waals surface area contributed by atoms with Gasteiger partial charge in [-0.25, -0.2) is 14.4 Å². The number of carbonyl (C=O) groups excluding carboxylic acids is 1. The van der Waals surface area contributed by atoms with E-state index >= 15 is 0 Å². The van der Waals surface area contributed by atoms with Crippen LogP contribution in [0, 0.1) is 5.82 Å². The molecule has 1 atom stereocenters. The smallest absolute Gasteiger partial charge is 0.254 e. The number of amides is 1. The second-order valence-electron chi connectivity index (χ2n) is 9.41. The standard InChI is InChI=1S/C26H29ClFN5O4.H2S/c27-23-20-7-9-33(12-16(20)4-5-22(23)36-14-19-11-29-15-37-19)13-18(34)10-31-26(35)21-6-8-30-25(24(21)28)32-17-2-1-3-17;/h4-6,8,11,15,17-18,34H,1-3,7,9-10,12-14H2,(H,30,32)(H,31,35);1H2/t18-;/m0./s1. The minimum absolute atomic E-state index is 0. The van der Waals surface area contributed by atoms with Gasteiger partial charge in [0.25, 0.3) is 5.91 Å². The fraction of sp³-hybridized carbons (Fsp3) is 0.423. The minimum atomic E-state index is -0.817. The Morgan fingerprint density at radius 3 is 2.92 bits per heavy atom. The number of hydrogen-bond donors (Lipinski definition) is 3. The molecule has 12 heteroatoms. The predicted octanol–water partition coefficient (Wildman–Crippen LogP) is 3.67. The van der Waals surface area contributed by atoms with Crippen LogP contribution in [0.5, 0.6) is 5.75 Å². The van der Waals surface area contributed by atoms with Gasteiger partial charge in [0, 0.05) is 38.4 Å². The van der Waals surface area contributed by atoms with Gasteiger partial charge in [0.15, 0.2) is 23.8 Å². The molecule has 1 saturated carbocycles. The maximum absolute atomic E-state index is 14.8. The normalized spacial score (nSPS) is 16.1. The number of β-amino-alcohol motifs (C(OH)–C–C–N with tert-alkyl or cyclic N) is 1. The number of carbonyl (C=O) groups is 1. The first-order valence-electron chi connectivity index (χ1n) is 12.4. The largest absolute Gasteiger partial charge is 0.484 e. The Bertz CT molecular complexity index is 1240. The van der Waals surface area contributed by atoms with E-state index in [1.54, 1.807) is 6.20 Å². The van der Waals surface area contributed by atoms with Crippen LogP contribution in [0.15, 0.2) is 41.4 Å². The lowest BCUT2D eigenvalue weighted by molar-refractivity contribution is 0.0838. The Morgan fingerprint density at radius 1 is 1.34 bits per heavy atom.